The lowest BCUT2D eigenvalue weighted by molar-refractivity contribution is -0.384. The lowest BCUT2D eigenvalue weighted by atomic mass is 10.0. The molecule has 1 heterocycles. The van der Waals surface area contributed by atoms with Gasteiger partial charge in [-0.25, -0.2) is 0 Å². The summed E-state index contributed by atoms with van der Waals surface area (Å²) in [6.45, 7) is 1.56. The average molecular weight is 409 g/mol. The summed E-state index contributed by atoms with van der Waals surface area (Å²) in [7, 11) is 3.85. The molecule has 0 atom stereocenters. The Morgan fingerprint density at radius 3 is 2.63 bits per heavy atom. The van der Waals surface area contributed by atoms with Crippen LogP contribution in [0, 0.1) is 10.1 Å². The molecule has 0 amide bonds. The van der Waals surface area contributed by atoms with Crippen molar-refractivity contribution < 1.29 is 4.92 Å². The molecular formula is C19H22Cl2N4O2. The number of likely N-dealkylation sites (N-methyl/N-ethyl adjacent to an activating group) is 1. The van der Waals surface area contributed by atoms with E-state index in [1.165, 1.54) is 6.07 Å². The van der Waals surface area contributed by atoms with Crippen molar-refractivity contribution in [2.24, 2.45) is 4.99 Å². The minimum Gasteiger partial charge on any atom is -0.388 e. The molecule has 1 aliphatic rings. The van der Waals surface area contributed by atoms with Crippen LogP contribution < -0.4 is 10.2 Å². The molecule has 27 heavy (non-hydrogen) atoms. The fourth-order valence-electron chi connectivity index (χ4n) is 2.89. The molecule has 3 rings (SSSR count). The molecule has 0 unspecified atom stereocenters. The topological polar surface area (TPSA) is 70.8 Å². The highest BCUT2D eigenvalue weighted by atomic mass is 35.5. The zero-order valence-corrected chi connectivity index (χ0v) is 16.7. The zero-order chi connectivity index (χ0) is 17.8. The normalized spacial score (nSPS) is 13.0. The van der Waals surface area contributed by atoms with Crippen LogP contribution in [0.1, 0.15) is 11.1 Å². The second-order valence-electron chi connectivity index (χ2n) is 5.82. The van der Waals surface area contributed by atoms with Crippen LogP contribution in [-0.2, 0) is 0 Å². The Labute approximate surface area is 171 Å². The standard InChI is InChI=1S/C19H20N4O2.2ClH/c1-20-17-10-8-15(23(24)25)13-14(17)7-9-18-16-5-3-4-6-19(16)22(2)12-11-21-18;;/h3-10,13,20H,11-12H2,1-2H3;2*1H/b9-7+;;. The summed E-state index contributed by atoms with van der Waals surface area (Å²) in [4.78, 5) is 17.5. The van der Waals surface area contributed by atoms with Gasteiger partial charge in [0.1, 0.15) is 0 Å². The second kappa shape index (κ2) is 9.94. The third kappa shape index (κ3) is 4.99. The number of nitrogens with zero attached hydrogens (tertiary/aromatic N) is 3. The first-order valence-corrected chi connectivity index (χ1v) is 8.09. The largest absolute Gasteiger partial charge is 0.388 e. The summed E-state index contributed by atoms with van der Waals surface area (Å²) >= 11 is 0. The van der Waals surface area contributed by atoms with Crippen molar-refractivity contribution in [2.75, 3.05) is 37.4 Å². The first-order chi connectivity index (χ1) is 12.1. The summed E-state index contributed by atoms with van der Waals surface area (Å²) in [6.07, 6.45) is 3.80. The van der Waals surface area contributed by atoms with Crippen molar-refractivity contribution in [2.45, 2.75) is 0 Å². The third-order valence-corrected chi connectivity index (χ3v) is 4.24. The monoisotopic (exact) mass is 408 g/mol. The van der Waals surface area contributed by atoms with Gasteiger partial charge in [0, 0.05) is 55.3 Å². The lowest BCUT2D eigenvalue weighted by Crippen LogP contribution is -2.20. The van der Waals surface area contributed by atoms with Crippen molar-refractivity contribution in [3.8, 4) is 0 Å². The van der Waals surface area contributed by atoms with E-state index in [4.69, 9.17) is 0 Å². The van der Waals surface area contributed by atoms with Crippen LogP contribution in [0.2, 0.25) is 0 Å². The fraction of sp³-hybridized carbons (Fsp3) is 0.211. The van der Waals surface area contributed by atoms with E-state index in [1.807, 2.05) is 30.4 Å². The minimum absolute atomic E-state index is 0. The molecule has 0 saturated heterocycles. The molecule has 8 heteroatoms. The van der Waals surface area contributed by atoms with Crippen LogP contribution >= 0.6 is 24.8 Å². The van der Waals surface area contributed by atoms with Gasteiger partial charge in [-0.15, -0.1) is 24.8 Å². The van der Waals surface area contributed by atoms with E-state index >= 15 is 0 Å². The van der Waals surface area contributed by atoms with Crippen molar-refractivity contribution in [3.05, 3.63) is 69.8 Å². The highest BCUT2D eigenvalue weighted by Gasteiger charge is 2.14. The van der Waals surface area contributed by atoms with Crippen LogP contribution in [0.3, 0.4) is 0 Å². The van der Waals surface area contributed by atoms with Crippen LogP contribution in [0.25, 0.3) is 6.08 Å². The zero-order valence-electron chi connectivity index (χ0n) is 15.1. The molecule has 1 aliphatic heterocycles. The summed E-state index contributed by atoms with van der Waals surface area (Å²) in [5.74, 6) is 0. The minimum atomic E-state index is -0.385. The number of non-ortho nitro benzene ring substituents is 1. The van der Waals surface area contributed by atoms with Gasteiger partial charge in [-0.2, -0.15) is 0 Å². The van der Waals surface area contributed by atoms with Crippen LogP contribution in [0.15, 0.2) is 53.5 Å². The van der Waals surface area contributed by atoms with Gasteiger partial charge in [-0.1, -0.05) is 24.3 Å². The number of anilines is 2. The van der Waals surface area contributed by atoms with E-state index in [2.05, 4.69) is 28.3 Å². The molecule has 2 aromatic carbocycles. The Morgan fingerprint density at radius 1 is 1.19 bits per heavy atom. The molecule has 0 radical (unpaired) electrons. The van der Waals surface area contributed by atoms with Gasteiger partial charge in [-0.05, 0) is 18.2 Å². The molecular weight excluding hydrogens is 387 g/mol. The first-order valence-electron chi connectivity index (χ1n) is 8.09. The maximum Gasteiger partial charge on any atom is 0.270 e. The van der Waals surface area contributed by atoms with Gasteiger partial charge in [0.15, 0.2) is 0 Å². The predicted octanol–water partition coefficient (Wildman–Crippen LogP) is 4.43. The highest BCUT2D eigenvalue weighted by Crippen LogP contribution is 2.25. The number of aliphatic imine (C=N–C) groups is 1. The molecule has 1 N–H and O–H groups in total. The SMILES string of the molecule is CNc1ccc([N+](=O)[O-])cc1/C=C/C1=NCCN(C)c2ccccc21.Cl.Cl. The number of hydrogen-bond acceptors (Lipinski definition) is 5. The smallest absolute Gasteiger partial charge is 0.270 e. The van der Waals surface area contributed by atoms with Crippen molar-refractivity contribution in [1.29, 1.82) is 0 Å². The van der Waals surface area contributed by atoms with Gasteiger partial charge in [0.25, 0.3) is 5.69 Å². The predicted molar refractivity (Wildman–Crippen MR) is 117 cm³/mol. The van der Waals surface area contributed by atoms with Crippen LogP contribution in [-0.4, -0.2) is 37.8 Å². The number of nitrogens with one attached hydrogen (secondary N) is 1. The Kier molecular flexibility index (Phi) is 8.28. The molecule has 0 aromatic heterocycles. The molecule has 0 saturated carbocycles. The van der Waals surface area contributed by atoms with Gasteiger partial charge in [0.05, 0.1) is 17.2 Å². The molecule has 2 aromatic rings. The van der Waals surface area contributed by atoms with E-state index < -0.39 is 0 Å². The number of nitro benzene ring substituents is 1. The Balaban J connectivity index is 0.00000182. The summed E-state index contributed by atoms with van der Waals surface area (Å²) in [5.41, 5.74) is 4.75. The van der Waals surface area contributed by atoms with Crippen LogP contribution in [0.4, 0.5) is 17.1 Å². The van der Waals surface area contributed by atoms with Crippen LogP contribution in [0.5, 0.6) is 0 Å². The van der Waals surface area contributed by atoms with E-state index in [-0.39, 0.29) is 35.4 Å². The first kappa shape index (κ1) is 22.5. The second-order valence-corrected chi connectivity index (χ2v) is 5.82. The number of benzene rings is 2. The van der Waals surface area contributed by atoms with Gasteiger partial charge >= 0.3 is 0 Å². The Morgan fingerprint density at radius 2 is 1.93 bits per heavy atom. The molecule has 0 bridgehead atoms. The number of allylic oxidation sites excluding steroid dienone is 1. The number of hydrogen-bond donors (Lipinski definition) is 1. The summed E-state index contributed by atoms with van der Waals surface area (Å²) < 4.78 is 0. The molecule has 144 valence electrons. The number of para-hydroxylation sites is 1. The number of benzodiazepines with no additional fused rings is 1. The number of nitro groups is 1. The highest BCUT2D eigenvalue weighted by molar-refractivity contribution is 6.14. The van der Waals surface area contributed by atoms with Crippen molar-refractivity contribution in [1.82, 2.24) is 0 Å². The third-order valence-electron chi connectivity index (χ3n) is 4.24. The molecule has 0 aliphatic carbocycles. The summed E-state index contributed by atoms with van der Waals surface area (Å²) in [5, 5.41) is 14.1. The molecule has 6 nitrogen and oxygen atoms in total. The van der Waals surface area contributed by atoms with Crippen molar-refractivity contribution in [3.63, 3.8) is 0 Å². The van der Waals surface area contributed by atoms with E-state index in [9.17, 15) is 10.1 Å². The number of halogens is 2. The van der Waals surface area contributed by atoms with E-state index in [0.29, 0.717) is 6.54 Å². The number of rotatable bonds is 4. The van der Waals surface area contributed by atoms with Gasteiger partial charge < -0.3 is 10.2 Å². The van der Waals surface area contributed by atoms with Gasteiger partial charge in [-0.3, -0.25) is 15.1 Å². The van der Waals surface area contributed by atoms with E-state index in [0.717, 1.165) is 34.8 Å². The Bertz CT molecular complexity index is 869. The number of fused-ring (bicyclic) bond motifs is 1. The Hall–Kier alpha value is -2.57. The maximum atomic E-state index is 11.0. The van der Waals surface area contributed by atoms with Crippen molar-refractivity contribution >= 4 is 53.7 Å². The lowest BCUT2D eigenvalue weighted by Gasteiger charge is -2.18. The maximum absolute atomic E-state index is 11.0. The van der Waals surface area contributed by atoms with E-state index in [1.54, 1.807) is 19.2 Å². The molecule has 0 spiro atoms. The van der Waals surface area contributed by atoms with Gasteiger partial charge in [0.2, 0.25) is 0 Å². The summed E-state index contributed by atoms with van der Waals surface area (Å²) in [6, 6.07) is 12.9. The quantitative estimate of drug-likeness (QED) is 0.599. The average Bonchev–Trinajstić information content (AvgIpc) is 2.79. The molecule has 0 fully saturated rings. The fourth-order valence-corrected chi connectivity index (χ4v) is 2.89.